The highest BCUT2D eigenvalue weighted by molar-refractivity contribution is 7.97. The smallest absolute Gasteiger partial charge is 0.255 e. The lowest BCUT2D eigenvalue weighted by molar-refractivity contribution is 0.0950. The highest BCUT2D eigenvalue weighted by atomic mass is 32.2. The number of hydrogen-bond acceptors (Lipinski definition) is 3. The molecule has 3 rings (SSSR count). The molecule has 4 nitrogen and oxygen atoms in total. The molecule has 0 heterocycles. The van der Waals surface area contributed by atoms with Gasteiger partial charge in [0.25, 0.3) is 11.8 Å². The zero-order valence-electron chi connectivity index (χ0n) is 15.6. The highest BCUT2D eigenvalue weighted by Crippen LogP contribution is 2.12. The number of rotatable bonds is 7. The summed E-state index contributed by atoms with van der Waals surface area (Å²) in [5, 5.41) is 5.77. The summed E-state index contributed by atoms with van der Waals surface area (Å²) in [5.41, 5.74) is 3.99. The molecule has 3 aromatic rings. The largest absolute Gasteiger partial charge is 0.348 e. The van der Waals surface area contributed by atoms with Gasteiger partial charge in [0, 0.05) is 29.1 Å². The van der Waals surface area contributed by atoms with E-state index in [1.54, 1.807) is 23.9 Å². The van der Waals surface area contributed by atoms with Crippen molar-refractivity contribution in [1.82, 2.24) is 5.32 Å². The summed E-state index contributed by atoms with van der Waals surface area (Å²) >= 11 is 1.75. The van der Waals surface area contributed by atoms with Gasteiger partial charge >= 0.3 is 0 Å². The summed E-state index contributed by atoms with van der Waals surface area (Å²) in [5.74, 6) is 0.623. The van der Waals surface area contributed by atoms with Crippen LogP contribution in [-0.4, -0.2) is 18.1 Å². The molecule has 0 bridgehead atoms. The lowest BCUT2D eigenvalue weighted by Crippen LogP contribution is -2.23. The van der Waals surface area contributed by atoms with Crippen LogP contribution in [0.25, 0.3) is 0 Å². The van der Waals surface area contributed by atoms with Crippen molar-refractivity contribution < 1.29 is 9.59 Å². The number of anilines is 1. The second-order valence-corrected chi connectivity index (χ2v) is 7.20. The third-order valence-electron chi connectivity index (χ3n) is 4.20. The molecule has 0 saturated heterocycles. The Balaban J connectivity index is 1.59. The molecule has 0 unspecified atom stereocenters. The van der Waals surface area contributed by atoms with Crippen LogP contribution in [0, 0.1) is 0 Å². The molecule has 2 N–H and O–H groups in total. The first-order chi connectivity index (χ1) is 13.7. The predicted molar refractivity (Wildman–Crippen MR) is 116 cm³/mol. The van der Waals surface area contributed by atoms with E-state index in [2.05, 4.69) is 16.9 Å². The Kier molecular flexibility index (Phi) is 6.87. The molecule has 0 aliphatic heterocycles. The molecule has 142 valence electrons. The first-order valence-electron chi connectivity index (χ1n) is 8.97. The van der Waals surface area contributed by atoms with Gasteiger partial charge in [0.15, 0.2) is 0 Å². The molecule has 5 heteroatoms. The van der Waals surface area contributed by atoms with Crippen LogP contribution in [0.2, 0.25) is 0 Å². The number of para-hydroxylation sites is 1. The second-order valence-electron chi connectivity index (χ2n) is 6.33. The first kappa shape index (κ1) is 19.7. The van der Waals surface area contributed by atoms with Crippen LogP contribution in [-0.2, 0) is 12.3 Å². The van der Waals surface area contributed by atoms with E-state index in [4.69, 9.17) is 0 Å². The van der Waals surface area contributed by atoms with Crippen molar-refractivity contribution in [2.45, 2.75) is 12.3 Å². The molecule has 0 aromatic heterocycles. The summed E-state index contributed by atoms with van der Waals surface area (Å²) in [6.45, 7) is 0.359. The van der Waals surface area contributed by atoms with Crippen LogP contribution in [0.1, 0.15) is 31.8 Å². The van der Waals surface area contributed by atoms with Gasteiger partial charge < -0.3 is 10.6 Å². The van der Waals surface area contributed by atoms with E-state index in [1.807, 2.05) is 66.7 Å². The maximum Gasteiger partial charge on any atom is 0.255 e. The number of nitrogens with one attached hydrogen (secondary N) is 2. The van der Waals surface area contributed by atoms with Gasteiger partial charge in [-0.1, -0.05) is 42.5 Å². The summed E-state index contributed by atoms with van der Waals surface area (Å²) < 4.78 is 0. The molecule has 0 aliphatic rings. The van der Waals surface area contributed by atoms with Crippen molar-refractivity contribution in [3.8, 4) is 0 Å². The topological polar surface area (TPSA) is 58.2 Å². The Hall–Kier alpha value is -3.05. The van der Waals surface area contributed by atoms with Crippen molar-refractivity contribution in [3.63, 3.8) is 0 Å². The number of carbonyl (C=O) groups is 2. The molecular formula is C23H22N2O2S. The summed E-state index contributed by atoms with van der Waals surface area (Å²) in [6.07, 6.45) is 2.05. The highest BCUT2D eigenvalue weighted by Gasteiger charge is 2.09. The van der Waals surface area contributed by atoms with Crippen LogP contribution in [0.3, 0.4) is 0 Å². The average Bonchev–Trinajstić information content (AvgIpc) is 2.74. The van der Waals surface area contributed by atoms with Crippen LogP contribution in [0.5, 0.6) is 0 Å². The van der Waals surface area contributed by atoms with Gasteiger partial charge in [0.1, 0.15) is 0 Å². The van der Waals surface area contributed by atoms with Gasteiger partial charge in [-0.3, -0.25) is 9.59 Å². The third kappa shape index (κ3) is 5.47. The second kappa shape index (κ2) is 9.76. The van der Waals surface area contributed by atoms with Gasteiger partial charge in [-0.15, -0.1) is 0 Å². The van der Waals surface area contributed by atoms with Crippen molar-refractivity contribution >= 4 is 29.3 Å². The van der Waals surface area contributed by atoms with Gasteiger partial charge in [-0.2, -0.15) is 11.8 Å². The quantitative estimate of drug-likeness (QED) is 0.613. The van der Waals surface area contributed by atoms with E-state index in [0.717, 1.165) is 17.0 Å². The Morgan fingerprint density at radius 1 is 0.786 bits per heavy atom. The normalized spacial score (nSPS) is 10.3. The maximum absolute atomic E-state index is 12.4. The minimum Gasteiger partial charge on any atom is -0.348 e. The first-order valence-corrected chi connectivity index (χ1v) is 10.4. The standard InChI is InChI=1S/C23H22N2O2S/c1-28-16-17-10-12-19(13-11-17)22(26)24-15-18-6-5-7-20(14-18)23(27)25-21-8-3-2-4-9-21/h2-14H,15-16H2,1H3,(H,24,26)(H,25,27). The molecule has 2 amide bonds. The van der Waals surface area contributed by atoms with E-state index in [1.165, 1.54) is 5.56 Å². The molecule has 0 spiro atoms. The lowest BCUT2D eigenvalue weighted by Gasteiger charge is -2.09. The van der Waals surface area contributed by atoms with E-state index in [-0.39, 0.29) is 11.8 Å². The SMILES string of the molecule is CSCc1ccc(C(=O)NCc2cccc(C(=O)Nc3ccccc3)c2)cc1. The minimum atomic E-state index is -0.177. The predicted octanol–water partition coefficient (Wildman–Crippen LogP) is 4.73. The Morgan fingerprint density at radius 2 is 1.54 bits per heavy atom. The van der Waals surface area contributed by atoms with Crippen molar-refractivity contribution in [1.29, 1.82) is 0 Å². The van der Waals surface area contributed by atoms with Gasteiger partial charge in [0.2, 0.25) is 0 Å². The average molecular weight is 391 g/mol. The molecule has 28 heavy (non-hydrogen) atoms. The number of amides is 2. The molecule has 0 fully saturated rings. The number of thioether (sulfide) groups is 1. The fraction of sp³-hybridized carbons (Fsp3) is 0.130. The molecule has 0 atom stereocenters. The number of carbonyl (C=O) groups excluding carboxylic acids is 2. The number of benzene rings is 3. The fourth-order valence-electron chi connectivity index (χ4n) is 2.75. The van der Waals surface area contributed by atoms with E-state index in [0.29, 0.717) is 17.7 Å². The molecule has 3 aromatic carbocycles. The van der Waals surface area contributed by atoms with Crippen LogP contribution in [0.15, 0.2) is 78.9 Å². The Bertz CT molecular complexity index is 940. The van der Waals surface area contributed by atoms with Crippen LogP contribution < -0.4 is 10.6 Å². The maximum atomic E-state index is 12.4. The van der Waals surface area contributed by atoms with Crippen molar-refractivity contribution in [2.24, 2.45) is 0 Å². The molecule has 0 radical (unpaired) electrons. The third-order valence-corrected chi connectivity index (χ3v) is 4.82. The fourth-order valence-corrected chi connectivity index (χ4v) is 3.28. The Labute approximate surface area is 169 Å². The van der Waals surface area contributed by atoms with E-state index in [9.17, 15) is 9.59 Å². The van der Waals surface area contributed by atoms with Crippen LogP contribution >= 0.6 is 11.8 Å². The zero-order chi connectivity index (χ0) is 19.8. The monoisotopic (exact) mass is 390 g/mol. The van der Waals surface area contributed by atoms with E-state index < -0.39 is 0 Å². The summed E-state index contributed by atoms with van der Waals surface area (Å²) in [7, 11) is 0. The lowest BCUT2D eigenvalue weighted by atomic mass is 10.1. The minimum absolute atomic E-state index is 0.130. The van der Waals surface area contributed by atoms with Gasteiger partial charge in [-0.05, 0) is 53.8 Å². The molecule has 0 saturated carbocycles. The van der Waals surface area contributed by atoms with Crippen LogP contribution in [0.4, 0.5) is 5.69 Å². The zero-order valence-corrected chi connectivity index (χ0v) is 16.5. The Morgan fingerprint density at radius 3 is 2.25 bits per heavy atom. The summed E-state index contributed by atoms with van der Waals surface area (Å²) in [4.78, 5) is 24.8. The van der Waals surface area contributed by atoms with Crippen molar-refractivity contribution in [3.05, 3.63) is 101 Å². The van der Waals surface area contributed by atoms with Gasteiger partial charge in [0.05, 0.1) is 0 Å². The van der Waals surface area contributed by atoms with E-state index >= 15 is 0 Å². The molecule has 0 aliphatic carbocycles. The number of hydrogen-bond donors (Lipinski definition) is 2. The van der Waals surface area contributed by atoms with Gasteiger partial charge in [-0.25, -0.2) is 0 Å². The van der Waals surface area contributed by atoms with Crippen molar-refractivity contribution in [2.75, 3.05) is 11.6 Å². The summed E-state index contributed by atoms with van der Waals surface area (Å²) in [6, 6.07) is 24.2. The molecular weight excluding hydrogens is 368 g/mol.